The second kappa shape index (κ2) is 4.37. The third kappa shape index (κ3) is 2.02. The third-order valence-corrected chi connectivity index (χ3v) is 4.30. The van der Waals surface area contributed by atoms with Gasteiger partial charge in [0.25, 0.3) is 0 Å². The van der Waals surface area contributed by atoms with E-state index >= 15 is 0 Å². The number of fused-ring (bicyclic) bond motifs is 1. The number of thiazole rings is 1. The summed E-state index contributed by atoms with van der Waals surface area (Å²) in [7, 11) is 0. The largest absolute Gasteiger partial charge is 0.507 e. The number of nitrogens with zero attached hydrogens (tertiary/aromatic N) is 1. The van der Waals surface area contributed by atoms with Gasteiger partial charge in [-0.3, -0.25) is 0 Å². The molecule has 0 bridgehead atoms. The van der Waals surface area contributed by atoms with Crippen molar-refractivity contribution in [1.82, 2.24) is 4.98 Å². The molecular formula is C14H10BrNOS. The molecule has 2 nitrogen and oxygen atoms in total. The van der Waals surface area contributed by atoms with Crippen molar-refractivity contribution in [3.8, 4) is 16.3 Å². The molecule has 1 aromatic heterocycles. The lowest BCUT2D eigenvalue weighted by molar-refractivity contribution is 0.477. The maximum atomic E-state index is 9.96. The number of aromatic hydroxyl groups is 1. The van der Waals surface area contributed by atoms with Gasteiger partial charge >= 0.3 is 0 Å². The first kappa shape index (κ1) is 11.7. The van der Waals surface area contributed by atoms with Crippen LogP contribution in [0.15, 0.2) is 40.9 Å². The monoisotopic (exact) mass is 319 g/mol. The van der Waals surface area contributed by atoms with Crippen molar-refractivity contribution in [2.24, 2.45) is 0 Å². The van der Waals surface area contributed by atoms with Crippen molar-refractivity contribution in [3.63, 3.8) is 0 Å². The number of rotatable bonds is 1. The smallest absolute Gasteiger partial charge is 0.128 e. The van der Waals surface area contributed by atoms with E-state index in [-0.39, 0.29) is 5.75 Å². The number of hydrogen-bond donors (Lipinski definition) is 1. The number of aromatic nitrogens is 1. The van der Waals surface area contributed by atoms with Crippen LogP contribution in [-0.2, 0) is 0 Å². The number of halogens is 1. The van der Waals surface area contributed by atoms with Gasteiger partial charge in [0.1, 0.15) is 10.8 Å². The Morgan fingerprint density at radius 2 is 2.00 bits per heavy atom. The molecule has 0 saturated carbocycles. The predicted molar refractivity (Wildman–Crippen MR) is 79.2 cm³/mol. The number of phenolic OH excluding ortho intramolecular Hbond substituents is 1. The molecule has 1 N–H and O–H groups in total. The summed E-state index contributed by atoms with van der Waals surface area (Å²) < 4.78 is 2.00. The fraction of sp³-hybridized carbons (Fsp3) is 0.0714. The minimum absolute atomic E-state index is 0.250. The molecule has 3 aromatic rings. The third-order valence-electron chi connectivity index (χ3n) is 2.73. The Labute approximate surface area is 117 Å². The van der Waals surface area contributed by atoms with Crippen molar-refractivity contribution in [2.75, 3.05) is 0 Å². The molecule has 0 amide bonds. The van der Waals surface area contributed by atoms with Crippen LogP contribution in [-0.4, -0.2) is 10.1 Å². The Hall–Kier alpha value is -1.39. The second-order valence-electron chi connectivity index (χ2n) is 4.15. The summed E-state index contributed by atoms with van der Waals surface area (Å²) in [6.07, 6.45) is 0. The van der Waals surface area contributed by atoms with Gasteiger partial charge in [-0.15, -0.1) is 11.3 Å². The van der Waals surface area contributed by atoms with Crippen LogP contribution < -0.4 is 0 Å². The van der Waals surface area contributed by atoms with E-state index in [0.29, 0.717) is 0 Å². The quantitative estimate of drug-likeness (QED) is 0.702. The molecule has 0 saturated heterocycles. The first-order valence-corrected chi connectivity index (χ1v) is 7.10. The Morgan fingerprint density at radius 1 is 1.17 bits per heavy atom. The molecule has 1 heterocycles. The van der Waals surface area contributed by atoms with Crippen LogP contribution in [0.3, 0.4) is 0 Å². The van der Waals surface area contributed by atoms with Crippen LogP contribution in [0.1, 0.15) is 5.56 Å². The molecule has 0 spiro atoms. The summed E-state index contributed by atoms with van der Waals surface area (Å²) in [5.41, 5.74) is 2.95. The van der Waals surface area contributed by atoms with Gasteiger partial charge in [0.05, 0.1) is 15.8 Å². The highest BCUT2D eigenvalue weighted by atomic mass is 79.9. The maximum absolute atomic E-state index is 9.96. The zero-order valence-electron chi connectivity index (χ0n) is 9.64. The van der Waals surface area contributed by atoms with Crippen molar-refractivity contribution in [1.29, 1.82) is 0 Å². The summed E-state index contributed by atoms with van der Waals surface area (Å²) in [6, 6.07) is 11.7. The normalized spacial score (nSPS) is 11.0. The van der Waals surface area contributed by atoms with Gasteiger partial charge in [0.2, 0.25) is 0 Å². The lowest BCUT2D eigenvalue weighted by Crippen LogP contribution is -1.78. The average molecular weight is 320 g/mol. The number of phenols is 1. The summed E-state index contributed by atoms with van der Waals surface area (Å²) in [5.74, 6) is 0.250. The van der Waals surface area contributed by atoms with Crippen LogP contribution >= 0.6 is 27.3 Å². The molecule has 0 aliphatic rings. The van der Waals surface area contributed by atoms with Crippen molar-refractivity contribution in [3.05, 3.63) is 46.4 Å². The molecule has 0 radical (unpaired) electrons. The Kier molecular flexibility index (Phi) is 2.84. The predicted octanol–water partition coefficient (Wildman–Crippen LogP) is 4.74. The van der Waals surface area contributed by atoms with Gasteiger partial charge in [-0.25, -0.2) is 4.98 Å². The Balaban J connectivity index is 2.19. The molecule has 18 heavy (non-hydrogen) atoms. The summed E-state index contributed by atoms with van der Waals surface area (Å²) in [4.78, 5) is 4.58. The minimum Gasteiger partial charge on any atom is -0.507 e. The zero-order chi connectivity index (χ0) is 12.7. The summed E-state index contributed by atoms with van der Waals surface area (Å²) in [6.45, 7) is 2.05. The van der Waals surface area contributed by atoms with E-state index in [9.17, 15) is 5.11 Å². The topological polar surface area (TPSA) is 33.1 Å². The zero-order valence-corrected chi connectivity index (χ0v) is 12.0. The van der Waals surface area contributed by atoms with Crippen LogP contribution in [0.5, 0.6) is 5.75 Å². The van der Waals surface area contributed by atoms with E-state index in [1.807, 2.05) is 12.1 Å². The maximum Gasteiger partial charge on any atom is 0.128 e. The SMILES string of the molecule is Cc1ccc2sc(-c3ccc(Br)cc3O)nc2c1. The van der Waals surface area contributed by atoms with E-state index in [1.54, 1.807) is 17.4 Å². The summed E-state index contributed by atoms with van der Waals surface area (Å²) in [5, 5.41) is 10.8. The van der Waals surface area contributed by atoms with Gasteiger partial charge in [-0.2, -0.15) is 0 Å². The molecule has 90 valence electrons. The van der Waals surface area contributed by atoms with Crippen molar-refractivity contribution >= 4 is 37.5 Å². The second-order valence-corrected chi connectivity index (χ2v) is 6.10. The Morgan fingerprint density at radius 3 is 2.78 bits per heavy atom. The number of hydrogen-bond acceptors (Lipinski definition) is 3. The van der Waals surface area contributed by atoms with Gasteiger partial charge in [-0.05, 0) is 42.8 Å². The molecule has 0 aliphatic heterocycles. The molecule has 2 aromatic carbocycles. The van der Waals surface area contributed by atoms with E-state index in [2.05, 4.69) is 46.0 Å². The Bertz CT molecular complexity index is 736. The van der Waals surface area contributed by atoms with E-state index in [1.165, 1.54) is 5.56 Å². The summed E-state index contributed by atoms with van der Waals surface area (Å²) >= 11 is 4.93. The molecule has 0 unspecified atom stereocenters. The fourth-order valence-electron chi connectivity index (χ4n) is 1.84. The van der Waals surface area contributed by atoms with E-state index in [0.717, 1.165) is 25.3 Å². The van der Waals surface area contributed by atoms with Crippen LogP contribution in [0.2, 0.25) is 0 Å². The highest BCUT2D eigenvalue weighted by molar-refractivity contribution is 9.10. The van der Waals surface area contributed by atoms with Gasteiger partial charge in [0, 0.05) is 4.47 Å². The van der Waals surface area contributed by atoms with Crippen LogP contribution in [0.4, 0.5) is 0 Å². The minimum atomic E-state index is 0.250. The highest BCUT2D eigenvalue weighted by Crippen LogP contribution is 2.36. The molecule has 3 rings (SSSR count). The average Bonchev–Trinajstić information content (AvgIpc) is 2.71. The number of aryl methyl sites for hydroxylation is 1. The molecule has 0 atom stereocenters. The van der Waals surface area contributed by atoms with Gasteiger partial charge in [0.15, 0.2) is 0 Å². The number of benzene rings is 2. The van der Waals surface area contributed by atoms with Gasteiger partial charge in [-0.1, -0.05) is 22.0 Å². The first-order valence-electron chi connectivity index (χ1n) is 5.49. The van der Waals surface area contributed by atoms with Crippen LogP contribution in [0, 0.1) is 6.92 Å². The van der Waals surface area contributed by atoms with E-state index in [4.69, 9.17) is 0 Å². The molecule has 4 heteroatoms. The molecular weight excluding hydrogens is 310 g/mol. The molecule has 0 aliphatic carbocycles. The molecule has 0 fully saturated rings. The first-order chi connectivity index (χ1) is 8.63. The lowest BCUT2D eigenvalue weighted by Gasteiger charge is -2.00. The fourth-order valence-corrected chi connectivity index (χ4v) is 3.17. The highest BCUT2D eigenvalue weighted by Gasteiger charge is 2.10. The van der Waals surface area contributed by atoms with Crippen LogP contribution in [0.25, 0.3) is 20.8 Å². The van der Waals surface area contributed by atoms with Crippen molar-refractivity contribution in [2.45, 2.75) is 6.92 Å². The lowest BCUT2D eigenvalue weighted by atomic mass is 10.2. The van der Waals surface area contributed by atoms with Crippen molar-refractivity contribution < 1.29 is 5.11 Å². The standard InChI is InChI=1S/C14H10BrNOS/c1-8-2-5-13-11(6-8)16-14(18-13)10-4-3-9(15)7-12(10)17/h2-7,17H,1H3. The van der Waals surface area contributed by atoms with E-state index < -0.39 is 0 Å². The van der Waals surface area contributed by atoms with Gasteiger partial charge < -0.3 is 5.11 Å².